The Morgan fingerprint density at radius 3 is 2.75 bits per heavy atom. The number of fused-ring (bicyclic) bond motifs is 1. The molecule has 2 fully saturated rings. The first kappa shape index (κ1) is 11.9. The summed E-state index contributed by atoms with van der Waals surface area (Å²) >= 11 is 0. The van der Waals surface area contributed by atoms with Gasteiger partial charge in [-0.05, 0) is 31.6 Å². The van der Waals surface area contributed by atoms with E-state index in [0.717, 1.165) is 24.9 Å². The van der Waals surface area contributed by atoms with Gasteiger partial charge in [0.05, 0.1) is 0 Å². The summed E-state index contributed by atoms with van der Waals surface area (Å²) in [6.45, 7) is 4.77. The summed E-state index contributed by atoms with van der Waals surface area (Å²) in [4.78, 5) is 13.8. The summed E-state index contributed by atoms with van der Waals surface area (Å²) in [5, 5.41) is 0. The summed E-state index contributed by atoms with van der Waals surface area (Å²) in [5.41, 5.74) is 0. The summed E-state index contributed by atoms with van der Waals surface area (Å²) in [6, 6.07) is 0. The SMILES string of the molecule is CCOCC(=O)N1CC[C@@H]2CCCC[C@H]2C1. The number of hydrogen-bond donors (Lipinski definition) is 0. The van der Waals surface area contributed by atoms with Crippen LogP contribution in [0.25, 0.3) is 0 Å². The van der Waals surface area contributed by atoms with E-state index in [2.05, 4.69) is 0 Å². The Labute approximate surface area is 98.1 Å². The van der Waals surface area contributed by atoms with Crippen LogP contribution in [0.4, 0.5) is 0 Å². The van der Waals surface area contributed by atoms with E-state index in [4.69, 9.17) is 4.74 Å². The van der Waals surface area contributed by atoms with Crippen molar-refractivity contribution in [3.8, 4) is 0 Å². The number of ether oxygens (including phenoxy) is 1. The molecule has 2 atom stereocenters. The van der Waals surface area contributed by atoms with Crippen molar-refractivity contribution < 1.29 is 9.53 Å². The van der Waals surface area contributed by atoms with Crippen LogP contribution in [0.3, 0.4) is 0 Å². The predicted molar refractivity (Wildman–Crippen MR) is 63.1 cm³/mol. The van der Waals surface area contributed by atoms with Gasteiger partial charge in [-0.25, -0.2) is 0 Å². The molecule has 0 aromatic rings. The number of amides is 1. The fourth-order valence-electron chi connectivity index (χ4n) is 3.11. The van der Waals surface area contributed by atoms with Crippen LogP contribution in [0.5, 0.6) is 0 Å². The summed E-state index contributed by atoms with van der Waals surface area (Å²) < 4.78 is 5.19. The number of carbonyl (C=O) groups is 1. The predicted octanol–water partition coefficient (Wildman–Crippen LogP) is 2.06. The molecule has 0 N–H and O–H groups in total. The van der Waals surface area contributed by atoms with E-state index < -0.39 is 0 Å². The number of piperidine rings is 1. The molecule has 0 unspecified atom stereocenters. The van der Waals surface area contributed by atoms with Gasteiger partial charge in [0.15, 0.2) is 0 Å². The van der Waals surface area contributed by atoms with E-state index in [1.54, 1.807) is 0 Å². The van der Waals surface area contributed by atoms with E-state index in [9.17, 15) is 4.79 Å². The maximum absolute atomic E-state index is 11.8. The smallest absolute Gasteiger partial charge is 0.248 e. The molecule has 2 rings (SSSR count). The normalized spacial score (nSPS) is 29.9. The lowest BCUT2D eigenvalue weighted by Gasteiger charge is -2.41. The third-order valence-electron chi connectivity index (χ3n) is 4.07. The number of carbonyl (C=O) groups excluding carboxylic acids is 1. The van der Waals surface area contributed by atoms with Gasteiger partial charge in [0, 0.05) is 19.7 Å². The molecule has 1 saturated carbocycles. The Hall–Kier alpha value is -0.570. The van der Waals surface area contributed by atoms with Gasteiger partial charge in [0.25, 0.3) is 0 Å². The van der Waals surface area contributed by atoms with Crippen molar-refractivity contribution in [3.63, 3.8) is 0 Å². The summed E-state index contributed by atoms with van der Waals surface area (Å²) in [5.74, 6) is 1.85. The first-order chi connectivity index (χ1) is 7.81. The van der Waals surface area contributed by atoms with Gasteiger partial charge in [-0.2, -0.15) is 0 Å². The lowest BCUT2D eigenvalue weighted by molar-refractivity contribution is -0.139. The van der Waals surface area contributed by atoms with Crippen molar-refractivity contribution in [3.05, 3.63) is 0 Å². The average molecular weight is 225 g/mol. The Balaban J connectivity index is 1.82. The standard InChI is InChI=1S/C13H23NO2/c1-2-16-10-13(15)14-8-7-11-5-3-4-6-12(11)9-14/h11-12H,2-10H2,1H3/t11-,12-/m0/s1. The molecule has 1 amide bonds. The van der Waals surface area contributed by atoms with Crippen LogP contribution in [-0.2, 0) is 9.53 Å². The van der Waals surface area contributed by atoms with Gasteiger partial charge in [0.1, 0.15) is 6.61 Å². The van der Waals surface area contributed by atoms with E-state index in [-0.39, 0.29) is 12.5 Å². The Morgan fingerprint density at radius 1 is 1.25 bits per heavy atom. The van der Waals surface area contributed by atoms with Crippen molar-refractivity contribution in [1.82, 2.24) is 4.90 Å². The number of nitrogens with zero attached hydrogens (tertiary/aromatic N) is 1. The molecule has 1 aliphatic carbocycles. The quantitative estimate of drug-likeness (QED) is 0.736. The van der Waals surface area contributed by atoms with Crippen LogP contribution in [0.1, 0.15) is 39.0 Å². The molecular formula is C13H23NO2. The van der Waals surface area contributed by atoms with Crippen molar-refractivity contribution >= 4 is 5.91 Å². The van der Waals surface area contributed by atoms with Gasteiger partial charge in [-0.15, -0.1) is 0 Å². The molecule has 1 aliphatic heterocycles. The molecule has 0 aromatic heterocycles. The van der Waals surface area contributed by atoms with Crippen LogP contribution in [-0.4, -0.2) is 37.1 Å². The van der Waals surface area contributed by atoms with E-state index >= 15 is 0 Å². The molecule has 2 aliphatic rings. The first-order valence-corrected chi connectivity index (χ1v) is 6.66. The molecule has 0 bridgehead atoms. The molecule has 0 aromatic carbocycles. The number of rotatable bonds is 3. The van der Waals surface area contributed by atoms with E-state index in [1.807, 2.05) is 11.8 Å². The molecule has 0 radical (unpaired) electrons. The van der Waals surface area contributed by atoms with Gasteiger partial charge in [0.2, 0.25) is 5.91 Å². The monoisotopic (exact) mass is 225 g/mol. The third-order valence-corrected chi connectivity index (χ3v) is 4.07. The van der Waals surface area contributed by atoms with Crippen molar-refractivity contribution in [2.45, 2.75) is 39.0 Å². The molecule has 0 spiro atoms. The Bertz CT molecular complexity index is 242. The maximum atomic E-state index is 11.8. The molecule has 92 valence electrons. The largest absolute Gasteiger partial charge is 0.372 e. The fourth-order valence-corrected chi connectivity index (χ4v) is 3.11. The van der Waals surface area contributed by atoms with Crippen LogP contribution in [0.15, 0.2) is 0 Å². The zero-order valence-corrected chi connectivity index (χ0v) is 10.3. The van der Waals surface area contributed by atoms with Crippen molar-refractivity contribution in [2.75, 3.05) is 26.3 Å². The van der Waals surface area contributed by atoms with Crippen LogP contribution >= 0.6 is 0 Å². The number of hydrogen-bond acceptors (Lipinski definition) is 2. The average Bonchev–Trinajstić information content (AvgIpc) is 2.35. The highest BCUT2D eigenvalue weighted by molar-refractivity contribution is 5.77. The molecular weight excluding hydrogens is 202 g/mol. The zero-order chi connectivity index (χ0) is 11.4. The highest BCUT2D eigenvalue weighted by Crippen LogP contribution is 2.35. The summed E-state index contributed by atoms with van der Waals surface area (Å²) in [7, 11) is 0. The lowest BCUT2D eigenvalue weighted by Crippen LogP contribution is -2.46. The van der Waals surface area contributed by atoms with Crippen molar-refractivity contribution in [1.29, 1.82) is 0 Å². The van der Waals surface area contributed by atoms with Gasteiger partial charge >= 0.3 is 0 Å². The fraction of sp³-hybridized carbons (Fsp3) is 0.923. The highest BCUT2D eigenvalue weighted by Gasteiger charge is 2.32. The van der Waals surface area contributed by atoms with Crippen LogP contribution in [0, 0.1) is 11.8 Å². The second-order valence-electron chi connectivity index (χ2n) is 5.07. The van der Waals surface area contributed by atoms with Crippen LogP contribution < -0.4 is 0 Å². The van der Waals surface area contributed by atoms with Gasteiger partial charge in [-0.1, -0.05) is 19.3 Å². The van der Waals surface area contributed by atoms with Gasteiger partial charge in [-0.3, -0.25) is 4.79 Å². The van der Waals surface area contributed by atoms with Crippen molar-refractivity contribution in [2.24, 2.45) is 11.8 Å². The second kappa shape index (κ2) is 5.67. The minimum absolute atomic E-state index is 0.186. The van der Waals surface area contributed by atoms with Gasteiger partial charge < -0.3 is 9.64 Å². The zero-order valence-electron chi connectivity index (χ0n) is 10.3. The lowest BCUT2D eigenvalue weighted by atomic mass is 9.75. The van der Waals surface area contributed by atoms with E-state index in [1.165, 1.54) is 32.1 Å². The van der Waals surface area contributed by atoms with Crippen LogP contribution in [0.2, 0.25) is 0 Å². The molecule has 3 nitrogen and oxygen atoms in total. The molecule has 1 heterocycles. The molecule has 1 saturated heterocycles. The Kier molecular flexibility index (Phi) is 4.22. The maximum Gasteiger partial charge on any atom is 0.248 e. The Morgan fingerprint density at radius 2 is 2.00 bits per heavy atom. The molecule has 16 heavy (non-hydrogen) atoms. The number of likely N-dealkylation sites (tertiary alicyclic amines) is 1. The second-order valence-corrected chi connectivity index (χ2v) is 5.07. The van der Waals surface area contributed by atoms with E-state index in [0.29, 0.717) is 6.61 Å². The minimum Gasteiger partial charge on any atom is -0.372 e. The minimum atomic E-state index is 0.186. The third kappa shape index (κ3) is 2.76. The first-order valence-electron chi connectivity index (χ1n) is 6.66. The molecule has 3 heteroatoms. The summed E-state index contributed by atoms with van der Waals surface area (Å²) in [6.07, 6.45) is 6.67. The highest BCUT2D eigenvalue weighted by atomic mass is 16.5. The topological polar surface area (TPSA) is 29.5 Å².